The molecule has 1 aliphatic rings. The zero-order chi connectivity index (χ0) is 22.5. The number of rotatable bonds is 8. The van der Waals surface area contributed by atoms with E-state index in [2.05, 4.69) is 0 Å². The fraction of sp³-hybridized carbons (Fsp3) is 0.227. The van der Waals surface area contributed by atoms with E-state index in [1.165, 1.54) is 50.6 Å². The predicted octanol–water partition coefficient (Wildman–Crippen LogP) is 2.77. The average molecular weight is 429 g/mol. The van der Waals surface area contributed by atoms with Crippen molar-refractivity contribution in [1.82, 2.24) is 4.90 Å². The quantitative estimate of drug-likeness (QED) is 0.596. The van der Waals surface area contributed by atoms with Gasteiger partial charge in [0.2, 0.25) is 5.76 Å². The number of carbonyl (C=O) groups is 3. The first-order chi connectivity index (χ1) is 14.9. The largest absolute Gasteiger partial charge is 0.497 e. The molecule has 1 heterocycles. The van der Waals surface area contributed by atoms with E-state index in [4.69, 9.17) is 18.9 Å². The predicted molar refractivity (Wildman–Crippen MR) is 107 cm³/mol. The second kappa shape index (κ2) is 9.29. The van der Waals surface area contributed by atoms with Gasteiger partial charge in [0.1, 0.15) is 29.6 Å². The molecule has 0 aliphatic carbocycles. The third kappa shape index (κ3) is 4.50. The van der Waals surface area contributed by atoms with E-state index in [1.807, 2.05) is 0 Å². The van der Waals surface area contributed by atoms with Gasteiger partial charge in [-0.3, -0.25) is 14.5 Å². The Morgan fingerprint density at radius 1 is 1.03 bits per heavy atom. The highest BCUT2D eigenvalue weighted by molar-refractivity contribution is 6.15. The van der Waals surface area contributed by atoms with Crippen LogP contribution < -0.4 is 9.47 Å². The molecule has 0 bridgehead atoms. The fourth-order valence-electron chi connectivity index (χ4n) is 3.00. The highest BCUT2D eigenvalue weighted by Crippen LogP contribution is 2.38. The van der Waals surface area contributed by atoms with Crippen LogP contribution in [-0.4, -0.2) is 50.1 Å². The van der Waals surface area contributed by atoms with Crippen LogP contribution in [-0.2, 0) is 19.1 Å². The lowest BCUT2D eigenvalue weighted by molar-refractivity contribution is -0.147. The van der Waals surface area contributed by atoms with Crippen LogP contribution in [0.15, 0.2) is 48.2 Å². The topological polar surface area (TPSA) is 91.4 Å². The van der Waals surface area contributed by atoms with Crippen molar-refractivity contribution >= 4 is 23.5 Å². The summed E-state index contributed by atoms with van der Waals surface area (Å²) >= 11 is 0. The van der Waals surface area contributed by atoms with Gasteiger partial charge in [0.05, 0.1) is 26.4 Å². The van der Waals surface area contributed by atoms with Crippen LogP contribution in [0.25, 0.3) is 5.70 Å². The van der Waals surface area contributed by atoms with Crippen molar-refractivity contribution in [2.45, 2.75) is 6.92 Å². The Bertz CT molecular complexity index is 1050. The molecule has 0 saturated carbocycles. The van der Waals surface area contributed by atoms with Crippen LogP contribution in [0, 0.1) is 5.82 Å². The van der Waals surface area contributed by atoms with Crippen LogP contribution in [0.1, 0.15) is 22.8 Å². The van der Waals surface area contributed by atoms with Crippen LogP contribution in [0.4, 0.5) is 4.39 Å². The molecular weight excluding hydrogens is 409 g/mol. The molecule has 3 rings (SSSR count). The standard InChI is InChI=1S/C22H20FNO7/c1-4-30-18(25)12-24-19(17-11-15(28-2)9-10-16(17)22(27)29-3)20(21(24)26)31-14-7-5-13(23)6-8-14/h5-11H,4,12H2,1-3H3. The van der Waals surface area contributed by atoms with Gasteiger partial charge in [-0.05, 0) is 49.4 Å². The van der Waals surface area contributed by atoms with Gasteiger partial charge < -0.3 is 18.9 Å². The Hall–Kier alpha value is -3.88. The highest BCUT2D eigenvalue weighted by atomic mass is 19.1. The van der Waals surface area contributed by atoms with Crippen molar-refractivity contribution in [2.75, 3.05) is 27.4 Å². The second-order valence-electron chi connectivity index (χ2n) is 6.33. The minimum absolute atomic E-state index is 0.116. The summed E-state index contributed by atoms with van der Waals surface area (Å²) in [5.74, 6) is -1.84. The normalized spacial score (nSPS) is 12.9. The lowest BCUT2D eigenvalue weighted by Crippen LogP contribution is -2.46. The van der Waals surface area contributed by atoms with E-state index in [0.29, 0.717) is 5.75 Å². The number of amides is 1. The molecule has 0 radical (unpaired) electrons. The van der Waals surface area contributed by atoms with Crippen LogP contribution in [0.3, 0.4) is 0 Å². The van der Waals surface area contributed by atoms with Crippen molar-refractivity contribution < 1.29 is 37.7 Å². The summed E-state index contributed by atoms with van der Waals surface area (Å²) in [5, 5.41) is 0. The zero-order valence-corrected chi connectivity index (χ0v) is 17.1. The Morgan fingerprint density at radius 3 is 2.32 bits per heavy atom. The van der Waals surface area contributed by atoms with E-state index in [0.717, 1.165) is 4.90 Å². The SMILES string of the molecule is CCOC(=O)CN1C(=O)C(Oc2ccc(F)cc2)=C1c1cc(OC)ccc1C(=O)OC. The summed E-state index contributed by atoms with van der Waals surface area (Å²) in [4.78, 5) is 38.3. The molecule has 0 spiro atoms. The minimum atomic E-state index is -0.651. The van der Waals surface area contributed by atoms with Gasteiger partial charge in [-0.2, -0.15) is 0 Å². The molecule has 0 aromatic heterocycles. The van der Waals surface area contributed by atoms with Gasteiger partial charge in [-0.15, -0.1) is 0 Å². The number of hydrogen-bond donors (Lipinski definition) is 0. The lowest BCUT2D eigenvalue weighted by Gasteiger charge is -2.35. The number of ether oxygens (including phenoxy) is 4. The number of methoxy groups -OCH3 is 2. The van der Waals surface area contributed by atoms with Crippen LogP contribution >= 0.6 is 0 Å². The maximum absolute atomic E-state index is 13.2. The maximum Gasteiger partial charge on any atom is 0.338 e. The number of nitrogens with zero attached hydrogens (tertiary/aromatic N) is 1. The molecule has 2 aromatic carbocycles. The summed E-state index contributed by atoms with van der Waals surface area (Å²) in [5.41, 5.74) is 0.591. The molecule has 0 fully saturated rings. The van der Waals surface area contributed by atoms with Crippen molar-refractivity contribution in [3.63, 3.8) is 0 Å². The number of carbonyl (C=O) groups excluding carboxylic acids is 3. The zero-order valence-electron chi connectivity index (χ0n) is 17.1. The second-order valence-corrected chi connectivity index (χ2v) is 6.33. The van der Waals surface area contributed by atoms with Crippen molar-refractivity contribution in [1.29, 1.82) is 0 Å². The molecule has 0 unspecified atom stereocenters. The molecule has 0 N–H and O–H groups in total. The Morgan fingerprint density at radius 2 is 1.71 bits per heavy atom. The molecule has 9 heteroatoms. The monoisotopic (exact) mass is 429 g/mol. The van der Waals surface area contributed by atoms with Gasteiger partial charge in [-0.1, -0.05) is 0 Å². The Balaban J connectivity index is 2.11. The fourth-order valence-corrected chi connectivity index (χ4v) is 3.00. The third-order valence-corrected chi connectivity index (χ3v) is 4.44. The van der Waals surface area contributed by atoms with Crippen LogP contribution in [0.5, 0.6) is 11.5 Å². The molecular formula is C22H20FNO7. The molecule has 2 aromatic rings. The first kappa shape index (κ1) is 21.8. The smallest absolute Gasteiger partial charge is 0.338 e. The van der Waals surface area contributed by atoms with Crippen molar-refractivity contribution in [3.8, 4) is 11.5 Å². The molecule has 1 amide bonds. The number of benzene rings is 2. The molecule has 0 saturated heterocycles. The number of halogens is 1. The molecule has 0 atom stereocenters. The van der Waals surface area contributed by atoms with E-state index in [9.17, 15) is 18.8 Å². The molecule has 8 nitrogen and oxygen atoms in total. The van der Waals surface area contributed by atoms with Crippen LogP contribution in [0.2, 0.25) is 0 Å². The van der Waals surface area contributed by atoms with Crippen molar-refractivity contribution in [2.24, 2.45) is 0 Å². The van der Waals surface area contributed by atoms with E-state index in [1.54, 1.807) is 13.0 Å². The molecule has 31 heavy (non-hydrogen) atoms. The van der Waals surface area contributed by atoms with Gasteiger partial charge >= 0.3 is 11.9 Å². The van der Waals surface area contributed by atoms with Gasteiger partial charge in [-0.25, -0.2) is 9.18 Å². The first-order valence-electron chi connectivity index (χ1n) is 9.31. The highest BCUT2D eigenvalue weighted by Gasteiger charge is 2.42. The first-order valence-corrected chi connectivity index (χ1v) is 9.31. The summed E-state index contributed by atoms with van der Waals surface area (Å²) in [7, 11) is 2.67. The van der Waals surface area contributed by atoms with Crippen molar-refractivity contribution in [3.05, 3.63) is 65.2 Å². The molecule has 162 valence electrons. The number of hydrogen-bond acceptors (Lipinski definition) is 7. The Kier molecular flexibility index (Phi) is 6.54. The van der Waals surface area contributed by atoms with Gasteiger partial charge in [0.15, 0.2) is 0 Å². The van der Waals surface area contributed by atoms with E-state index >= 15 is 0 Å². The van der Waals surface area contributed by atoms with E-state index < -0.39 is 23.7 Å². The minimum Gasteiger partial charge on any atom is -0.497 e. The summed E-state index contributed by atoms with van der Waals surface area (Å²) in [6.07, 6.45) is 0. The summed E-state index contributed by atoms with van der Waals surface area (Å²) in [6.45, 7) is 1.41. The van der Waals surface area contributed by atoms with Gasteiger partial charge in [0, 0.05) is 5.56 Å². The maximum atomic E-state index is 13.2. The Labute approximate surface area is 177 Å². The lowest BCUT2D eigenvalue weighted by atomic mass is 9.97. The third-order valence-electron chi connectivity index (χ3n) is 4.44. The average Bonchev–Trinajstić information content (AvgIpc) is 2.78. The summed E-state index contributed by atoms with van der Waals surface area (Å²) < 4.78 is 33.9. The number of esters is 2. The summed E-state index contributed by atoms with van der Waals surface area (Å²) in [6, 6.07) is 9.64. The molecule has 1 aliphatic heterocycles. The van der Waals surface area contributed by atoms with E-state index in [-0.39, 0.29) is 41.5 Å². The van der Waals surface area contributed by atoms with Gasteiger partial charge in [0.25, 0.3) is 5.91 Å².